The van der Waals surface area contributed by atoms with Crippen molar-refractivity contribution in [1.82, 2.24) is 25.8 Å². The minimum absolute atomic E-state index is 0.0455. The van der Waals surface area contributed by atoms with Crippen molar-refractivity contribution in [3.05, 3.63) is 0 Å². The second-order valence-electron chi connectivity index (χ2n) is 15.5. The SMILES string of the molecule is CC(C)[C@H]1CCN(C(=O)[C@@H](NC(O)N[C@H](CN2C(=O)CCC2=O)C(C)(C)C)C(C)(C)C)[C@@H]1C(=O)NC(CC1CC1)C(=O)C(N)=O. The fourth-order valence-corrected chi connectivity index (χ4v) is 6.28. The summed E-state index contributed by atoms with van der Waals surface area (Å²) in [5, 5.41) is 20.1. The molecule has 3 aliphatic rings. The molecule has 6 atom stereocenters. The standard InChI is InChI=1S/C32H54N6O7/c1-17(2)19-13-14-37(24(19)28(43)34-20(15-18-9-10-18)25(41)27(33)42)29(44)26(32(6,7)8)36-30(45)35-21(31(3,4)5)16-38-22(39)11-12-23(38)40/h17-21,24,26,30,35-36,45H,9-16H2,1-8H3,(H2,33,42)(H,34,43)/t19-,20?,21-,24+,26-,30?/m1/s1. The van der Waals surface area contributed by atoms with E-state index in [2.05, 4.69) is 16.0 Å². The topological polar surface area (TPSA) is 191 Å². The summed E-state index contributed by atoms with van der Waals surface area (Å²) in [6.07, 6.45) is 1.67. The van der Waals surface area contributed by atoms with Crippen molar-refractivity contribution >= 4 is 35.3 Å². The first-order valence-corrected chi connectivity index (χ1v) is 16.2. The zero-order valence-corrected chi connectivity index (χ0v) is 28.1. The Morgan fingerprint density at radius 2 is 1.51 bits per heavy atom. The van der Waals surface area contributed by atoms with Gasteiger partial charge in [-0.3, -0.25) is 44.3 Å². The van der Waals surface area contributed by atoms with E-state index >= 15 is 0 Å². The predicted octanol–water partition coefficient (Wildman–Crippen LogP) is 0.632. The van der Waals surface area contributed by atoms with Gasteiger partial charge in [-0.25, -0.2) is 0 Å². The normalized spacial score (nSPS) is 23.7. The zero-order chi connectivity index (χ0) is 34.0. The molecule has 1 aliphatic carbocycles. The van der Waals surface area contributed by atoms with Crippen molar-refractivity contribution in [2.24, 2.45) is 34.3 Å². The number of imide groups is 1. The molecule has 1 saturated carbocycles. The van der Waals surface area contributed by atoms with Gasteiger partial charge in [0, 0.05) is 32.0 Å². The van der Waals surface area contributed by atoms with Crippen LogP contribution in [-0.4, -0.2) is 93.8 Å². The minimum atomic E-state index is -1.39. The summed E-state index contributed by atoms with van der Waals surface area (Å²) in [5.41, 5.74) is 4.12. The van der Waals surface area contributed by atoms with E-state index in [1.165, 1.54) is 9.80 Å². The molecule has 13 nitrogen and oxygen atoms in total. The first kappa shape index (κ1) is 36.6. The van der Waals surface area contributed by atoms with Gasteiger partial charge in [0.05, 0.1) is 12.1 Å². The maximum atomic E-state index is 14.3. The van der Waals surface area contributed by atoms with Crippen molar-refractivity contribution in [1.29, 1.82) is 0 Å². The highest BCUT2D eigenvalue weighted by atomic mass is 16.3. The number of ketones is 1. The number of nitrogens with one attached hydrogen (secondary N) is 3. The molecule has 45 heavy (non-hydrogen) atoms. The monoisotopic (exact) mass is 634 g/mol. The molecule has 2 aliphatic heterocycles. The van der Waals surface area contributed by atoms with E-state index in [0.29, 0.717) is 19.4 Å². The van der Waals surface area contributed by atoms with Crippen LogP contribution in [0.25, 0.3) is 0 Å². The number of likely N-dealkylation sites (tertiary alicyclic amines) is 2. The average Bonchev–Trinajstić information content (AvgIpc) is 3.52. The van der Waals surface area contributed by atoms with Gasteiger partial charge in [0.25, 0.3) is 5.91 Å². The summed E-state index contributed by atoms with van der Waals surface area (Å²) >= 11 is 0. The van der Waals surface area contributed by atoms with Crippen molar-refractivity contribution in [3.63, 3.8) is 0 Å². The molecule has 254 valence electrons. The van der Waals surface area contributed by atoms with Crippen LogP contribution in [0.3, 0.4) is 0 Å². The Hall–Kier alpha value is -2.90. The molecule has 0 bridgehead atoms. The van der Waals surface area contributed by atoms with Crippen molar-refractivity contribution in [3.8, 4) is 0 Å². The number of Topliss-reactive ketones (excluding diaryl/α,β-unsaturated/α-hetero) is 1. The van der Waals surface area contributed by atoms with E-state index in [9.17, 15) is 33.9 Å². The number of aliphatic hydroxyl groups excluding tert-OH is 1. The van der Waals surface area contributed by atoms with Crippen LogP contribution in [-0.2, 0) is 28.8 Å². The van der Waals surface area contributed by atoms with Gasteiger partial charge in [-0.2, -0.15) is 0 Å². The fraction of sp³-hybridized carbons (Fsp3) is 0.812. The number of nitrogens with two attached hydrogens (primary N) is 1. The molecule has 5 amide bonds. The molecular weight excluding hydrogens is 580 g/mol. The van der Waals surface area contributed by atoms with Gasteiger partial charge in [0.15, 0.2) is 6.35 Å². The second-order valence-corrected chi connectivity index (χ2v) is 15.5. The van der Waals surface area contributed by atoms with Crippen molar-refractivity contribution in [2.45, 2.75) is 124 Å². The van der Waals surface area contributed by atoms with Gasteiger partial charge in [0.1, 0.15) is 6.04 Å². The fourth-order valence-electron chi connectivity index (χ4n) is 6.28. The van der Waals surface area contributed by atoms with Crippen molar-refractivity contribution in [2.75, 3.05) is 13.1 Å². The summed E-state index contributed by atoms with van der Waals surface area (Å²) in [5.74, 6) is -3.25. The highest BCUT2D eigenvalue weighted by molar-refractivity contribution is 6.37. The Morgan fingerprint density at radius 1 is 0.933 bits per heavy atom. The maximum absolute atomic E-state index is 14.3. The van der Waals surface area contributed by atoms with Crippen LogP contribution in [0.5, 0.6) is 0 Å². The smallest absolute Gasteiger partial charge is 0.287 e. The highest BCUT2D eigenvalue weighted by Gasteiger charge is 2.48. The van der Waals surface area contributed by atoms with E-state index in [-0.39, 0.29) is 54.9 Å². The largest absolute Gasteiger partial charge is 0.365 e. The molecule has 3 fully saturated rings. The molecule has 0 radical (unpaired) electrons. The molecule has 13 heteroatoms. The molecule has 0 aromatic carbocycles. The van der Waals surface area contributed by atoms with Gasteiger partial charge in [-0.05, 0) is 41.4 Å². The summed E-state index contributed by atoms with van der Waals surface area (Å²) in [4.78, 5) is 79.8. The Labute approximate surface area is 266 Å². The summed E-state index contributed by atoms with van der Waals surface area (Å²) in [6.45, 7) is 15.6. The van der Waals surface area contributed by atoms with E-state index < -0.39 is 58.9 Å². The van der Waals surface area contributed by atoms with Gasteiger partial charge < -0.3 is 21.1 Å². The minimum Gasteiger partial charge on any atom is -0.365 e. The summed E-state index contributed by atoms with van der Waals surface area (Å²) in [6, 6.07) is -3.36. The number of carbonyl (C=O) groups is 6. The Kier molecular flexibility index (Phi) is 11.6. The summed E-state index contributed by atoms with van der Waals surface area (Å²) < 4.78 is 0. The van der Waals surface area contributed by atoms with Gasteiger partial charge in [-0.15, -0.1) is 0 Å². The number of carbonyl (C=O) groups excluding carboxylic acids is 6. The first-order valence-electron chi connectivity index (χ1n) is 16.2. The molecule has 0 spiro atoms. The van der Waals surface area contributed by atoms with Crippen LogP contribution >= 0.6 is 0 Å². The quantitative estimate of drug-likeness (QED) is 0.104. The zero-order valence-electron chi connectivity index (χ0n) is 28.1. The van der Waals surface area contributed by atoms with Crippen molar-refractivity contribution < 1.29 is 33.9 Å². The molecule has 2 unspecified atom stereocenters. The maximum Gasteiger partial charge on any atom is 0.287 e. The van der Waals surface area contributed by atoms with E-state index in [4.69, 9.17) is 5.73 Å². The number of amides is 5. The molecule has 2 heterocycles. The number of rotatable bonds is 14. The van der Waals surface area contributed by atoms with Crippen LogP contribution < -0.4 is 21.7 Å². The Balaban J connectivity index is 1.81. The molecule has 3 rings (SSSR count). The predicted molar refractivity (Wildman–Crippen MR) is 167 cm³/mol. The third-order valence-corrected chi connectivity index (χ3v) is 9.36. The molecule has 2 saturated heterocycles. The third kappa shape index (κ3) is 9.32. The molecule has 0 aromatic rings. The number of aliphatic hydroxyl groups is 1. The molecular formula is C32H54N6O7. The van der Waals surface area contributed by atoms with Gasteiger partial charge >= 0.3 is 0 Å². The number of nitrogens with zero attached hydrogens (tertiary/aromatic N) is 2. The average molecular weight is 635 g/mol. The van der Waals surface area contributed by atoms with Crippen LogP contribution in [0.4, 0.5) is 0 Å². The Morgan fingerprint density at radius 3 is 1.98 bits per heavy atom. The highest BCUT2D eigenvalue weighted by Crippen LogP contribution is 2.36. The van der Waals surface area contributed by atoms with Crippen LogP contribution in [0, 0.1) is 28.6 Å². The number of hydrogen-bond acceptors (Lipinski definition) is 9. The number of hydrogen-bond donors (Lipinski definition) is 5. The van der Waals surface area contributed by atoms with E-state index in [0.717, 1.165) is 12.8 Å². The Bertz CT molecular complexity index is 1140. The van der Waals surface area contributed by atoms with Crippen LogP contribution in [0.1, 0.15) is 93.9 Å². The third-order valence-electron chi connectivity index (χ3n) is 9.36. The van der Waals surface area contributed by atoms with E-state index in [1.54, 1.807) is 0 Å². The molecule has 0 aromatic heterocycles. The number of primary amides is 1. The van der Waals surface area contributed by atoms with Gasteiger partial charge in [0.2, 0.25) is 29.4 Å². The lowest BCUT2D eigenvalue weighted by atomic mass is 9.84. The second kappa shape index (κ2) is 14.3. The van der Waals surface area contributed by atoms with Gasteiger partial charge in [-0.1, -0.05) is 68.2 Å². The first-order chi connectivity index (χ1) is 20.7. The lowest BCUT2D eigenvalue weighted by molar-refractivity contribution is -0.146. The molecule has 6 N–H and O–H groups in total. The lowest BCUT2D eigenvalue weighted by Gasteiger charge is -2.40. The van der Waals surface area contributed by atoms with Crippen LogP contribution in [0.2, 0.25) is 0 Å². The summed E-state index contributed by atoms with van der Waals surface area (Å²) in [7, 11) is 0. The van der Waals surface area contributed by atoms with E-state index in [1.807, 2.05) is 55.4 Å². The lowest BCUT2D eigenvalue weighted by Crippen LogP contribution is -2.64. The van der Waals surface area contributed by atoms with Crippen LogP contribution in [0.15, 0.2) is 0 Å².